The average molecular weight is 236 g/mol. The second-order valence-electron chi connectivity index (χ2n) is 3.17. The molecule has 5 heteroatoms. The summed E-state index contributed by atoms with van der Waals surface area (Å²) in [5.74, 6) is 2.49. The number of aryl methyl sites for hydroxylation is 1. The van der Waals surface area contributed by atoms with Gasteiger partial charge in [-0.1, -0.05) is 12.1 Å². The van der Waals surface area contributed by atoms with Gasteiger partial charge in [-0.05, 0) is 17.9 Å². The molecule has 0 N–H and O–H groups in total. The highest BCUT2D eigenvalue weighted by Crippen LogP contribution is 2.28. The third-order valence-corrected chi connectivity index (χ3v) is 2.35. The van der Waals surface area contributed by atoms with Crippen LogP contribution in [-0.2, 0) is 6.42 Å². The number of hydrogen-bond acceptors (Lipinski definition) is 5. The van der Waals surface area contributed by atoms with Gasteiger partial charge in [0.05, 0.1) is 12.7 Å². The predicted octanol–water partition coefficient (Wildman–Crippen LogP) is 2.22. The van der Waals surface area contributed by atoms with Crippen LogP contribution in [0.2, 0.25) is 0 Å². The van der Waals surface area contributed by atoms with Crippen LogP contribution >= 0.6 is 12.6 Å². The summed E-state index contributed by atoms with van der Waals surface area (Å²) in [6.45, 7) is 0. The Balaban J connectivity index is 2.34. The van der Waals surface area contributed by atoms with Crippen LogP contribution in [0.3, 0.4) is 0 Å². The van der Waals surface area contributed by atoms with E-state index < -0.39 is 0 Å². The van der Waals surface area contributed by atoms with Crippen LogP contribution < -0.4 is 4.74 Å². The molecule has 2 rings (SSSR count). The summed E-state index contributed by atoms with van der Waals surface area (Å²) in [6, 6.07) is 7.54. The first kappa shape index (κ1) is 11.0. The third-order valence-electron chi connectivity index (χ3n) is 2.13. The maximum atomic E-state index is 5.50. The standard InChI is InChI=1S/C11H12N2O2S/c1-14-9-5-3-2-4-8(9)11-13-12-10(15-11)6-7-16/h2-5,16H,6-7H2,1H3. The SMILES string of the molecule is COc1ccccc1-c1nnc(CCS)o1. The topological polar surface area (TPSA) is 48.2 Å². The number of aromatic nitrogens is 2. The Bertz CT molecular complexity index is 471. The molecule has 2 aromatic rings. The van der Waals surface area contributed by atoms with Crippen LogP contribution in [0.15, 0.2) is 28.7 Å². The Morgan fingerprint density at radius 3 is 2.88 bits per heavy atom. The summed E-state index contributed by atoms with van der Waals surface area (Å²) in [7, 11) is 1.61. The molecule has 1 heterocycles. The van der Waals surface area contributed by atoms with E-state index in [4.69, 9.17) is 9.15 Å². The van der Waals surface area contributed by atoms with Crippen molar-refractivity contribution in [2.24, 2.45) is 0 Å². The van der Waals surface area contributed by atoms with Crippen LogP contribution in [0, 0.1) is 0 Å². The molecule has 1 aromatic carbocycles. The molecule has 0 radical (unpaired) electrons. The van der Waals surface area contributed by atoms with Crippen molar-refractivity contribution in [3.05, 3.63) is 30.2 Å². The fraction of sp³-hybridized carbons (Fsp3) is 0.273. The molecule has 0 saturated carbocycles. The molecule has 0 unspecified atom stereocenters. The molecule has 0 bridgehead atoms. The van der Waals surface area contributed by atoms with Crippen molar-refractivity contribution in [1.29, 1.82) is 0 Å². The van der Waals surface area contributed by atoms with Gasteiger partial charge in [-0.25, -0.2) is 0 Å². The van der Waals surface area contributed by atoms with E-state index in [1.54, 1.807) is 7.11 Å². The molecule has 16 heavy (non-hydrogen) atoms. The third kappa shape index (κ3) is 2.19. The highest BCUT2D eigenvalue weighted by Gasteiger charge is 2.12. The highest BCUT2D eigenvalue weighted by molar-refractivity contribution is 7.80. The Labute approximate surface area is 99.1 Å². The van der Waals surface area contributed by atoms with E-state index in [1.807, 2.05) is 24.3 Å². The number of thiol groups is 1. The highest BCUT2D eigenvalue weighted by atomic mass is 32.1. The molecule has 0 aliphatic heterocycles. The van der Waals surface area contributed by atoms with Crippen molar-refractivity contribution in [1.82, 2.24) is 10.2 Å². The van der Waals surface area contributed by atoms with E-state index >= 15 is 0 Å². The van der Waals surface area contributed by atoms with E-state index in [-0.39, 0.29) is 0 Å². The first-order valence-electron chi connectivity index (χ1n) is 4.91. The maximum absolute atomic E-state index is 5.50. The number of rotatable bonds is 4. The van der Waals surface area contributed by atoms with Gasteiger partial charge in [-0.2, -0.15) is 12.6 Å². The summed E-state index contributed by atoms with van der Waals surface area (Å²) >= 11 is 4.11. The Kier molecular flexibility index (Phi) is 3.46. The quantitative estimate of drug-likeness (QED) is 0.827. The summed E-state index contributed by atoms with van der Waals surface area (Å²) in [4.78, 5) is 0. The molecule has 1 aromatic heterocycles. The molecule has 84 valence electrons. The second-order valence-corrected chi connectivity index (χ2v) is 3.62. The van der Waals surface area contributed by atoms with Gasteiger partial charge in [0, 0.05) is 6.42 Å². The van der Waals surface area contributed by atoms with Crippen LogP contribution in [0.4, 0.5) is 0 Å². The number of benzene rings is 1. The fourth-order valence-corrected chi connectivity index (χ4v) is 1.57. The lowest BCUT2D eigenvalue weighted by atomic mass is 10.2. The maximum Gasteiger partial charge on any atom is 0.251 e. The Morgan fingerprint density at radius 2 is 2.12 bits per heavy atom. The van der Waals surface area contributed by atoms with Crippen molar-refractivity contribution in [2.75, 3.05) is 12.9 Å². The van der Waals surface area contributed by atoms with Gasteiger partial charge in [-0.3, -0.25) is 0 Å². The minimum atomic E-state index is 0.481. The van der Waals surface area contributed by atoms with E-state index in [9.17, 15) is 0 Å². The normalized spacial score (nSPS) is 10.4. The van der Waals surface area contributed by atoms with Crippen molar-refractivity contribution < 1.29 is 9.15 Å². The van der Waals surface area contributed by atoms with E-state index in [2.05, 4.69) is 22.8 Å². The second kappa shape index (κ2) is 5.03. The number of nitrogens with zero attached hydrogens (tertiary/aromatic N) is 2. The van der Waals surface area contributed by atoms with Crippen LogP contribution in [0.25, 0.3) is 11.5 Å². The largest absolute Gasteiger partial charge is 0.496 e. The van der Waals surface area contributed by atoms with Crippen molar-refractivity contribution in [2.45, 2.75) is 6.42 Å². The van der Waals surface area contributed by atoms with Gasteiger partial charge in [-0.15, -0.1) is 10.2 Å². The molecule has 0 aliphatic rings. The molecule has 0 spiro atoms. The van der Waals surface area contributed by atoms with Gasteiger partial charge in [0.1, 0.15) is 5.75 Å². The van der Waals surface area contributed by atoms with Crippen LogP contribution in [0.5, 0.6) is 5.75 Å². The average Bonchev–Trinajstić information content (AvgIpc) is 2.78. The molecule has 0 atom stereocenters. The number of ether oxygens (including phenoxy) is 1. The minimum absolute atomic E-state index is 0.481. The smallest absolute Gasteiger partial charge is 0.251 e. The van der Waals surface area contributed by atoms with Crippen molar-refractivity contribution in [3.63, 3.8) is 0 Å². The first-order valence-corrected chi connectivity index (χ1v) is 5.55. The van der Waals surface area contributed by atoms with E-state index in [1.165, 1.54) is 0 Å². The Hall–Kier alpha value is -1.49. The number of para-hydroxylation sites is 1. The van der Waals surface area contributed by atoms with Crippen LogP contribution in [0.1, 0.15) is 5.89 Å². The van der Waals surface area contributed by atoms with Gasteiger partial charge >= 0.3 is 0 Å². The first-order chi connectivity index (χ1) is 7.85. The van der Waals surface area contributed by atoms with Crippen LogP contribution in [-0.4, -0.2) is 23.1 Å². The lowest BCUT2D eigenvalue weighted by Crippen LogP contribution is -1.87. The lowest BCUT2D eigenvalue weighted by Gasteiger charge is -2.03. The van der Waals surface area contributed by atoms with Gasteiger partial charge in [0.2, 0.25) is 5.89 Å². The zero-order valence-electron chi connectivity index (χ0n) is 8.88. The predicted molar refractivity (Wildman–Crippen MR) is 63.8 cm³/mol. The van der Waals surface area contributed by atoms with Crippen molar-refractivity contribution >= 4 is 12.6 Å². The summed E-state index contributed by atoms with van der Waals surface area (Å²) in [5, 5.41) is 7.92. The zero-order valence-corrected chi connectivity index (χ0v) is 9.78. The van der Waals surface area contributed by atoms with Gasteiger partial charge in [0.25, 0.3) is 5.89 Å². The lowest BCUT2D eigenvalue weighted by molar-refractivity contribution is 0.413. The van der Waals surface area contributed by atoms with E-state index in [0.29, 0.717) is 24.0 Å². The van der Waals surface area contributed by atoms with Gasteiger partial charge in [0.15, 0.2) is 0 Å². The molecule has 0 fully saturated rings. The summed E-state index contributed by atoms with van der Waals surface area (Å²) in [5.41, 5.74) is 0.808. The molecule has 0 aliphatic carbocycles. The monoisotopic (exact) mass is 236 g/mol. The molecular weight excluding hydrogens is 224 g/mol. The number of hydrogen-bond donors (Lipinski definition) is 1. The molecule has 4 nitrogen and oxygen atoms in total. The molecular formula is C11H12N2O2S. The van der Waals surface area contributed by atoms with Gasteiger partial charge < -0.3 is 9.15 Å². The molecule has 0 saturated heterocycles. The van der Waals surface area contributed by atoms with Crippen molar-refractivity contribution in [3.8, 4) is 17.2 Å². The fourth-order valence-electron chi connectivity index (χ4n) is 1.38. The van der Waals surface area contributed by atoms with E-state index in [0.717, 1.165) is 11.3 Å². The molecule has 0 amide bonds. The summed E-state index contributed by atoms with van der Waals surface area (Å²) in [6.07, 6.45) is 0.672. The number of methoxy groups -OCH3 is 1. The zero-order chi connectivity index (χ0) is 11.4. The Morgan fingerprint density at radius 1 is 1.31 bits per heavy atom. The summed E-state index contributed by atoms with van der Waals surface area (Å²) < 4.78 is 10.7. The minimum Gasteiger partial charge on any atom is -0.496 e.